The van der Waals surface area contributed by atoms with Gasteiger partial charge in [0.25, 0.3) is 0 Å². The number of ether oxygens (including phenoxy) is 1. The first-order valence-electron chi connectivity index (χ1n) is 7.30. The molecule has 0 aliphatic rings. The van der Waals surface area contributed by atoms with Crippen LogP contribution < -0.4 is 4.74 Å². The van der Waals surface area contributed by atoms with E-state index in [9.17, 15) is 5.11 Å². The molecule has 0 atom stereocenters. The summed E-state index contributed by atoms with van der Waals surface area (Å²) in [7, 11) is 0. The van der Waals surface area contributed by atoms with Crippen LogP contribution in [-0.2, 0) is 12.0 Å². The third-order valence-electron chi connectivity index (χ3n) is 3.58. The lowest BCUT2D eigenvalue weighted by Crippen LogP contribution is -2.13. The monoisotopic (exact) mass is 284 g/mol. The molecule has 21 heavy (non-hydrogen) atoms. The van der Waals surface area contributed by atoms with Crippen LogP contribution in [0.25, 0.3) is 0 Å². The van der Waals surface area contributed by atoms with Gasteiger partial charge in [0.1, 0.15) is 11.5 Å². The number of hydrogen-bond acceptors (Lipinski definition) is 2. The highest BCUT2D eigenvalue weighted by Gasteiger charge is 2.20. The molecule has 0 fully saturated rings. The fourth-order valence-electron chi connectivity index (χ4n) is 2.36. The number of hydrogen-bond donors (Lipinski definition) is 1. The highest BCUT2D eigenvalue weighted by Crippen LogP contribution is 2.35. The van der Waals surface area contributed by atoms with Crippen LogP contribution in [0.3, 0.4) is 0 Å². The Hall–Kier alpha value is -1.80. The standard InChI is InChI=1S/C19H24O2/c1-13-6-8-18(16(10-13)19(3,4)5)21-17-9-7-15(12-20)11-14(17)2/h6-11,20H,12H2,1-5H3. The van der Waals surface area contributed by atoms with Gasteiger partial charge in [0.05, 0.1) is 6.61 Å². The van der Waals surface area contributed by atoms with E-state index < -0.39 is 0 Å². The maximum atomic E-state index is 9.18. The molecule has 0 unspecified atom stereocenters. The summed E-state index contributed by atoms with van der Waals surface area (Å²) in [6, 6.07) is 12.1. The van der Waals surface area contributed by atoms with E-state index in [-0.39, 0.29) is 12.0 Å². The first kappa shape index (κ1) is 15.6. The normalized spacial score (nSPS) is 11.5. The molecular weight excluding hydrogens is 260 g/mol. The van der Waals surface area contributed by atoms with Crippen molar-refractivity contribution in [2.24, 2.45) is 0 Å². The van der Waals surface area contributed by atoms with Crippen molar-refractivity contribution in [1.82, 2.24) is 0 Å². The molecule has 0 heterocycles. The minimum Gasteiger partial charge on any atom is -0.457 e. The Bertz CT molecular complexity index is 636. The molecular formula is C19H24O2. The molecule has 1 N–H and O–H groups in total. The molecule has 0 aromatic heterocycles. The Morgan fingerprint density at radius 2 is 1.62 bits per heavy atom. The van der Waals surface area contributed by atoms with Crippen molar-refractivity contribution in [2.75, 3.05) is 0 Å². The Kier molecular flexibility index (Phi) is 4.38. The molecule has 0 radical (unpaired) electrons. The van der Waals surface area contributed by atoms with Gasteiger partial charge in [-0.2, -0.15) is 0 Å². The molecule has 0 saturated heterocycles. The molecule has 0 saturated carbocycles. The number of aliphatic hydroxyl groups is 1. The predicted molar refractivity (Wildman–Crippen MR) is 87.1 cm³/mol. The molecule has 2 aromatic rings. The van der Waals surface area contributed by atoms with E-state index in [1.807, 2.05) is 31.2 Å². The SMILES string of the molecule is Cc1ccc(Oc2ccc(CO)cc2C)c(C(C)(C)C)c1. The van der Waals surface area contributed by atoms with Crippen LogP contribution in [-0.4, -0.2) is 5.11 Å². The average molecular weight is 284 g/mol. The largest absolute Gasteiger partial charge is 0.457 e. The van der Waals surface area contributed by atoms with Crippen LogP contribution in [0.2, 0.25) is 0 Å². The topological polar surface area (TPSA) is 29.5 Å². The summed E-state index contributed by atoms with van der Waals surface area (Å²) in [5.74, 6) is 1.73. The summed E-state index contributed by atoms with van der Waals surface area (Å²) in [6.45, 7) is 10.7. The molecule has 2 nitrogen and oxygen atoms in total. The molecule has 2 rings (SSSR count). The molecule has 112 valence electrons. The van der Waals surface area contributed by atoms with Gasteiger partial charge in [-0.05, 0) is 42.5 Å². The average Bonchev–Trinajstić information content (AvgIpc) is 2.41. The zero-order valence-electron chi connectivity index (χ0n) is 13.5. The van der Waals surface area contributed by atoms with Crippen molar-refractivity contribution < 1.29 is 9.84 Å². The van der Waals surface area contributed by atoms with Crippen LogP contribution in [0.4, 0.5) is 0 Å². The van der Waals surface area contributed by atoms with Gasteiger partial charge in [-0.3, -0.25) is 0 Å². The second-order valence-corrected chi connectivity index (χ2v) is 6.61. The Labute approximate surface area is 127 Å². The van der Waals surface area contributed by atoms with Gasteiger partial charge in [0.2, 0.25) is 0 Å². The third kappa shape index (κ3) is 3.64. The maximum Gasteiger partial charge on any atom is 0.131 e. The van der Waals surface area contributed by atoms with Crippen molar-refractivity contribution in [3.8, 4) is 11.5 Å². The van der Waals surface area contributed by atoms with Crippen molar-refractivity contribution in [3.05, 3.63) is 58.7 Å². The summed E-state index contributed by atoms with van der Waals surface area (Å²) < 4.78 is 6.14. The quantitative estimate of drug-likeness (QED) is 0.870. The Balaban J connectivity index is 2.40. The number of aliphatic hydroxyl groups excluding tert-OH is 1. The van der Waals surface area contributed by atoms with Gasteiger partial charge in [-0.15, -0.1) is 0 Å². The van der Waals surface area contributed by atoms with Crippen LogP contribution in [0, 0.1) is 13.8 Å². The third-order valence-corrected chi connectivity index (χ3v) is 3.58. The highest BCUT2D eigenvalue weighted by molar-refractivity contribution is 5.46. The number of rotatable bonds is 3. The molecule has 2 aromatic carbocycles. The van der Waals surface area contributed by atoms with E-state index in [1.165, 1.54) is 11.1 Å². The summed E-state index contributed by atoms with van der Waals surface area (Å²) in [5, 5.41) is 9.18. The highest BCUT2D eigenvalue weighted by atomic mass is 16.5. The second-order valence-electron chi connectivity index (χ2n) is 6.61. The lowest BCUT2D eigenvalue weighted by molar-refractivity contribution is 0.281. The predicted octanol–water partition coefficient (Wildman–Crippen LogP) is 4.89. The van der Waals surface area contributed by atoms with E-state index in [0.717, 1.165) is 22.6 Å². The summed E-state index contributed by atoms with van der Waals surface area (Å²) >= 11 is 0. The van der Waals surface area contributed by atoms with Crippen LogP contribution in [0.5, 0.6) is 11.5 Å². The van der Waals surface area contributed by atoms with Gasteiger partial charge in [-0.1, -0.05) is 50.6 Å². The van der Waals surface area contributed by atoms with Crippen LogP contribution in [0.15, 0.2) is 36.4 Å². The zero-order chi connectivity index (χ0) is 15.6. The van der Waals surface area contributed by atoms with Crippen LogP contribution in [0.1, 0.15) is 43.0 Å². The molecule has 2 heteroatoms. The zero-order valence-corrected chi connectivity index (χ0v) is 13.5. The van der Waals surface area contributed by atoms with E-state index >= 15 is 0 Å². The van der Waals surface area contributed by atoms with E-state index in [4.69, 9.17) is 4.74 Å². The fourth-order valence-corrected chi connectivity index (χ4v) is 2.36. The van der Waals surface area contributed by atoms with Gasteiger partial charge in [-0.25, -0.2) is 0 Å². The lowest BCUT2D eigenvalue weighted by atomic mass is 9.85. The van der Waals surface area contributed by atoms with Crippen molar-refractivity contribution in [3.63, 3.8) is 0 Å². The summed E-state index contributed by atoms with van der Waals surface area (Å²) in [4.78, 5) is 0. The Morgan fingerprint density at radius 1 is 0.952 bits per heavy atom. The van der Waals surface area contributed by atoms with Gasteiger partial charge in [0, 0.05) is 5.56 Å². The number of aryl methyl sites for hydroxylation is 2. The minimum absolute atomic E-state index is 0.0281. The van der Waals surface area contributed by atoms with E-state index in [0.29, 0.717) is 0 Å². The summed E-state index contributed by atoms with van der Waals surface area (Å²) in [6.07, 6.45) is 0. The first-order valence-corrected chi connectivity index (χ1v) is 7.30. The van der Waals surface area contributed by atoms with Crippen molar-refractivity contribution in [2.45, 2.75) is 46.6 Å². The molecule has 0 amide bonds. The second kappa shape index (κ2) is 5.90. The van der Waals surface area contributed by atoms with Gasteiger partial charge >= 0.3 is 0 Å². The van der Waals surface area contributed by atoms with E-state index in [1.54, 1.807) is 0 Å². The van der Waals surface area contributed by atoms with Crippen LogP contribution >= 0.6 is 0 Å². The van der Waals surface area contributed by atoms with E-state index in [2.05, 4.69) is 39.8 Å². The molecule has 0 aliphatic carbocycles. The number of benzene rings is 2. The van der Waals surface area contributed by atoms with Crippen molar-refractivity contribution in [1.29, 1.82) is 0 Å². The van der Waals surface area contributed by atoms with Gasteiger partial charge in [0.15, 0.2) is 0 Å². The van der Waals surface area contributed by atoms with Crippen molar-refractivity contribution >= 4 is 0 Å². The first-order chi connectivity index (χ1) is 9.81. The minimum atomic E-state index is 0.0281. The molecule has 0 aliphatic heterocycles. The smallest absolute Gasteiger partial charge is 0.131 e. The van der Waals surface area contributed by atoms with Gasteiger partial charge < -0.3 is 9.84 Å². The molecule has 0 spiro atoms. The fraction of sp³-hybridized carbons (Fsp3) is 0.368. The lowest BCUT2D eigenvalue weighted by Gasteiger charge is -2.23. The Morgan fingerprint density at radius 3 is 2.19 bits per heavy atom. The summed E-state index contributed by atoms with van der Waals surface area (Å²) in [5.41, 5.74) is 4.40. The maximum absolute atomic E-state index is 9.18. The molecule has 0 bridgehead atoms.